The van der Waals surface area contributed by atoms with Crippen molar-refractivity contribution in [2.45, 2.75) is 40.0 Å². The van der Waals surface area contributed by atoms with Gasteiger partial charge in [0.25, 0.3) is 0 Å². The minimum atomic E-state index is -0.290. The third kappa shape index (κ3) is 2.01. The van der Waals surface area contributed by atoms with E-state index in [1.165, 1.54) is 6.07 Å². The highest BCUT2D eigenvalue weighted by molar-refractivity contribution is 6.19. The normalized spacial score (nSPS) is 17.0. The van der Waals surface area contributed by atoms with Gasteiger partial charge in [0.15, 0.2) is 5.78 Å². The van der Waals surface area contributed by atoms with Gasteiger partial charge in [-0.25, -0.2) is 4.39 Å². The molecule has 0 bridgehead atoms. The van der Waals surface area contributed by atoms with Crippen molar-refractivity contribution in [3.8, 4) is 0 Å². The van der Waals surface area contributed by atoms with Crippen LogP contribution in [0.3, 0.4) is 0 Å². The second kappa shape index (κ2) is 4.63. The average Bonchev–Trinajstić information content (AvgIpc) is 2.85. The smallest absolute Gasteiger partial charge is 0.165 e. The molecule has 1 aromatic carbocycles. The van der Waals surface area contributed by atoms with E-state index in [9.17, 15) is 9.18 Å². The lowest BCUT2D eigenvalue weighted by molar-refractivity contribution is 0.0912. The fourth-order valence-corrected chi connectivity index (χ4v) is 3.81. The second-order valence-electron chi connectivity index (χ2n) is 7.21. The van der Waals surface area contributed by atoms with Crippen LogP contribution in [0.1, 0.15) is 48.9 Å². The molecule has 0 radical (unpaired) electrons. The number of H-pyrrole nitrogens is 1. The highest BCUT2D eigenvalue weighted by Crippen LogP contribution is 2.40. The lowest BCUT2D eigenvalue weighted by Gasteiger charge is -2.30. The Balaban J connectivity index is 2.21. The Labute approximate surface area is 133 Å². The summed E-state index contributed by atoms with van der Waals surface area (Å²) < 4.78 is 14.5. The lowest BCUT2D eigenvalue weighted by atomic mass is 9.74. The summed E-state index contributed by atoms with van der Waals surface area (Å²) in [6, 6.07) is 4.98. The summed E-state index contributed by atoms with van der Waals surface area (Å²) in [6.07, 6.45) is 1.97. The second-order valence-corrected chi connectivity index (χ2v) is 7.21. The number of aryl methyl sites for hydroxylation is 1. The maximum Gasteiger partial charge on any atom is 0.165 e. The number of halogens is 1. The van der Waals surface area contributed by atoms with Crippen molar-refractivity contribution in [2.75, 3.05) is 0 Å². The molecule has 1 aliphatic rings. The zero-order valence-electron chi connectivity index (χ0n) is 13.6. The molecule has 118 valence electrons. The van der Waals surface area contributed by atoms with Crippen molar-refractivity contribution >= 4 is 27.6 Å². The molecule has 0 aliphatic heterocycles. The van der Waals surface area contributed by atoms with E-state index in [2.05, 4.69) is 18.8 Å². The molecule has 1 N–H and O–H groups in total. The molecule has 3 nitrogen and oxygen atoms in total. The number of carbonyl (C=O) groups excluding carboxylic acids is 1. The number of fused-ring (bicyclic) bond motifs is 5. The first-order valence-corrected chi connectivity index (χ1v) is 8.06. The summed E-state index contributed by atoms with van der Waals surface area (Å²) in [5, 5.41) is 1.24. The van der Waals surface area contributed by atoms with E-state index in [0.717, 1.165) is 40.6 Å². The summed E-state index contributed by atoms with van der Waals surface area (Å²) >= 11 is 0. The van der Waals surface area contributed by atoms with Crippen LogP contribution in [-0.2, 0) is 12.8 Å². The van der Waals surface area contributed by atoms with Gasteiger partial charge in [0, 0.05) is 28.3 Å². The molecule has 0 amide bonds. The number of nitrogens with zero attached hydrogens (tertiary/aromatic N) is 1. The zero-order valence-corrected chi connectivity index (χ0v) is 13.6. The van der Waals surface area contributed by atoms with Crippen LogP contribution in [0.25, 0.3) is 21.8 Å². The number of hydrogen-bond donors (Lipinski definition) is 1. The topological polar surface area (TPSA) is 45.8 Å². The number of carbonyl (C=O) groups is 1. The maximum atomic E-state index is 14.5. The molecule has 0 spiro atoms. The Bertz CT molecular complexity index is 969. The van der Waals surface area contributed by atoms with Gasteiger partial charge >= 0.3 is 0 Å². The first kappa shape index (κ1) is 14.4. The van der Waals surface area contributed by atoms with Gasteiger partial charge in [-0.2, -0.15) is 0 Å². The van der Waals surface area contributed by atoms with E-state index < -0.39 is 0 Å². The van der Waals surface area contributed by atoms with Gasteiger partial charge < -0.3 is 4.98 Å². The highest BCUT2D eigenvalue weighted by Gasteiger charge is 2.35. The number of pyridine rings is 1. The van der Waals surface area contributed by atoms with Gasteiger partial charge in [0.2, 0.25) is 0 Å². The molecule has 1 aliphatic carbocycles. The van der Waals surface area contributed by atoms with Gasteiger partial charge in [-0.1, -0.05) is 26.8 Å². The van der Waals surface area contributed by atoms with Gasteiger partial charge in [-0.15, -0.1) is 0 Å². The predicted molar refractivity (Wildman–Crippen MR) is 89.4 cm³/mol. The molecule has 23 heavy (non-hydrogen) atoms. The number of aromatic amines is 1. The Morgan fingerprint density at radius 3 is 2.78 bits per heavy atom. The van der Waals surface area contributed by atoms with Crippen LogP contribution in [0.2, 0.25) is 0 Å². The predicted octanol–water partition coefficient (Wildman–Crippen LogP) is 4.57. The van der Waals surface area contributed by atoms with Crippen molar-refractivity contribution < 1.29 is 9.18 Å². The monoisotopic (exact) mass is 310 g/mol. The minimum Gasteiger partial charge on any atom is -0.353 e. The third-order valence-corrected chi connectivity index (χ3v) is 4.77. The standard InChI is InChI=1S/C19H19FN2O/c1-4-11-18-17(15-10(20)6-5-7-12(15)22-18)16-13(21-11)8-19(2,3)9-14(16)23/h5-7,22H,4,8-9H2,1-3H3. The van der Waals surface area contributed by atoms with E-state index in [1.54, 1.807) is 6.07 Å². The van der Waals surface area contributed by atoms with Crippen LogP contribution in [-0.4, -0.2) is 15.8 Å². The number of benzene rings is 1. The van der Waals surface area contributed by atoms with E-state index >= 15 is 0 Å². The summed E-state index contributed by atoms with van der Waals surface area (Å²) in [4.78, 5) is 20.8. The highest BCUT2D eigenvalue weighted by atomic mass is 19.1. The molecule has 3 aromatic rings. The van der Waals surface area contributed by atoms with Crippen LogP contribution in [0, 0.1) is 11.2 Å². The fourth-order valence-electron chi connectivity index (χ4n) is 3.81. The SMILES string of the molecule is CCc1nc2c(c3c1[nH]c1cccc(F)c13)C(=O)CC(C)(C)C2. The van der Waals surface area contributed by atoms with E-state index in [4.69, 9.17) is 4.98 Å². The molecule has 0 saturated carbocycles. The van der Waals surface area contributed by atoms with Crippen LogP contribution >= 0.6 is 0 Å². The molecule has 4 heteroatoms. The molecule has 2 aromatic heterocycles. The van der Waals surface area contributed by atoms with Gasteiger partial charge in [-0.3, -0.25) is 9.78 Å². The van der Waals surface area contributed by atoms with Crippen molar-refractivity contribution in [3.63, 3.8) is 0 Å². The Kier molecular flexibility index (Phi) is 2.89. The number of ketones is 1. The Morgan fingerprint density at radius 2 is 2.04 bits per heavy atom. The van der Waals surface area contributed by atoms with E-state index in [0.29, 0.717) is 17.4 Å². The molecule has 0 unspecified atom stereocenters. The summed E-state index contributed by atoms with van der Waals surface area (Å²) in [6.45, 7) is 6.20. The molecule has 0 fully saturated rings. The quantitative estimate of drug-likeness (QED) is 0.715. The van der Waals surface area contributed by atoms with Gasteiger partial charge in [0.1, 0.15) is 5.82 Å². The number of Topliss-reactive ketones (excluding diaryl/α,β-unsaturated/α-hetero) is 1. The lowest BCUT2D eigenvalue weighted by Crippen LogP contribution is -2.28. The minimum absolute atomic E-state index is 0.0700. The number of rotatable bonds is 1. The largest absolute Gasteiger partial charge is 0.353 e. The van der Waals surface area contributed by atoms with Crippen LogP contribution in [0.15, 0.2) is 18.2 Å². The summed E-state index contributed by atoms with van der Waals surface area (Å²) in [5.74, 6) is -0.220. The van der Waals surface area contributed by atoms with Crippen LogP contribution in [0.5, 0.6) is 0 Å². The van der Waals surface area contributed by atoms with Gasteiger partial charge in [-0.05, 0) is 30.4 Å². The number of nitrogens with one attached hydrogen (secondary N) is 1. The van der Waals surface area contributed by atoms with Crippen molar-refractivity contribution in [3.05, 3.63) is 41.0 Å². The average molecular weight is 310 g/mol. The van der Waals surface area contributed by atoms with Crippen molar-refractivity contribution in [2.24, 2.45) is 5.41 Å². The van der Waals surface area contributed by atoms with E-state index in [1.807, 2.05) is 13.0 Å². The molecular formula is C19H19FN2O. The molecule has 0 saturated heterocycles. The van der Waals surface area contributed by atoms with Crippen LogP contribution in [0.4, 0.5) is 4.39 Å². The molecule has 4 rings (SSSR count). The van der Waals surface area contributed by atoms with Crippen molar-refractivity contribution in [1.29, 1.82) is 0 Å². The zero-order chi connectivity index (χ0) is 16.4. The summed E-state index contributed by atoms with van der Waals surface area (Å²) in [7, 11) is 0. The number of aromatic nitrogens is 2. The van der Waals surface area contributed by atoms with Crippen molar-refractivity contribution in [1.82, 2.24) is 9.97 Å². The first-order valence-electron chi connectivity index (χ1n) is 8.06. The fraction of sp³-hybridized carbons (Fsp3) is 0.368. The third-order valence-electron chi connectivity index (χ3n) is 4.77. The van der Waals surface area contributed by atoms with Crippen LogP contribution < -0.4 is 0 Å². The number of hydrogen-bond acceptors (Lipinski definition) is 2. The summed E-state index contributed by atoms with van der Waals surface area (Å²) in [5.41, 5.74) is 3.77. The maximum absolute atomic E-state index is 14.5. The van der Waals surface area contributed by atoms with Gasteiger partial charge in [0.05, 0.1) is 16.9 Å². The molecule has 2 heterocycles. The molecule has 0 atom stereocenters. The van der Waals surface area contributed by atoms with E-state index in [-0.39, 0.29) is 17.0 Å². The Hall–Kier alpha value is -2.23. The molecular weight excluding hydrogens is 291 g/mol. The Morgan fingerprint density at radius 1 is 1.26 bits per heavy atom. The first-order chi connectivity index (χ1) is 10.9.